The van der Waals surface area contributed by atoms with Gasteiger partial charge >= 0.3 is 0 Å². The molecule has 74 valence electrons. The number of rotatable bonds is 3. The van der Waals surface area contributed by atoms with Crippen LogP contribution in [0, 0.1) is 0 Å². The molecule has 0 aliphatic heterocycles. The highest BCUT2D eigenvalue weighted by Crippen LogP contribution is 2.13. The molecule has 2 aromatic rings. The summed E-state index contributed by atoms with van der Waals surface area (Å²) in [4.78, 5) is 2.17. The van der Waals surface area contributed by atoms with Gasteiger partial charge in [-0.2, -0.15) is 0 Å². The first-order valence-electron chi connectivity index (χ1n) is 4.71. The summed E-state index contributed by atoms with van der Waals surface area (Å²) >= 11 is 0. The Kier molecular flexibility index (Phi) is 2.45. The summed E-state index contributed by atoms with van der Waals surface area (Å²) in [5.41, 5.74) is 3.26. The zero-order chi connectivity index (χ0) is 9.97. The van der Waals surface area contributed by atoms with Gasteiger partial charge in [0.05, 0.1) is 5.52 Å². The van der Waals surface area contributed by atoms with E-state index in [1.165, 1.54) is 5.56 Å². The maximum absolute atomic E-state index is 4.07. The molecule has 1 aromatic heterocycles. The molecule has 0 amide bonds. The first-order valence-corrected chi connectivity index (χ1v) is 4.71. The third kappa shape index (κ3) is 1.75. The lowest BCUT2D eigenvalue weighted by molar-refractivity contribution is 0.414. The van der Waals surface area contributed by atoms with Gasteiger partial charge < -0.3 is 4.90 Å². The second-order valence-corrected chi connectivity index (χ2v) is 3.68. The van der Waals surface area contributed by atoms with Crippen LogP contribution in [-0.4, -0.2) is 41.0 Å². The lowest BCUT2D eigenvalue weighted by Gasteiger charge is -2.08. The van der Waals surface area contributed by atoms with Crippen molar-refractivity contribution in [3.05, 3.63) is 23.8 Å². The fourth-order valence-corrected chi connectivity index (χ4v) is 1.47. The summed E-state index contributed by atoms with van der Waals surface area (Å²) in [7, 11) is 4.14. The number of benzene rings is 1. The Hall–Kier alpha value is -1.42. The van der Waals surface area contributed by atoms with Gasteiger partial charge in [0.2, 0.25) is 0 Å². The summed E-state index contributed by atoms with van der Waals surface area (Å²) < 4.78 is 0. The van der Waals surface area contributed by atoms with E-state index in [-0.39, 0.29) is 0 Å². The van der Waals surface area contributed by atoms with Gasteiger partial charge in [-0.1, -0.05) is 17.3 Å². The molecule has 0 bridgehead atoms. The topological polar surface area (TPSA) is 44.8 Å². The number of aromatic nitrogens is 3. The van der Waals surface area contributed by atoms with E-state index in [2.05, 4.69) is 40.5 Å². The maximum Gasteiger partial charge on any atom is 0.116 e. The van der Waals surface area contributed by atoms with Crippen molar-refractivity contribution in [2.45, 2.75) is 6.42 Å². The molecule has 0 radical (unpaired) electrons. The number of nitrogens with zero attached hydrogens (tertiary/aromatic N) is 3. The van der Waals surface area contributed by atoms with Gasteiger partial charge in [-0.15, -0.1) is 5.10 Å². The summed E-state index contributed by atoms with van der Waals surface area (Å²) in [6.45, 7) is 1.03. The Morgan fingerprint density at radius 1 is 1.36 bits per heavy atom. The molecule has 1 aromatic carbocycles. The molecule has 14 heavy (non-hydrogen) atoms. The number of hydrogen-bond acceptors (Lipinski definition) is 3. The SMILES string of the molecule is CN(C)CCc1cccc2[nH]nnc12. The smallest absolute Gasteiger partial charge is 0.116 e. The van der Waals surface area contributed by atoms with E-state index in [9.17, 15) is 0 Å². The zero-order valence-corrected chi connectivity index (χ0v) is 8.49. The lowest BCUT2D eigenvalue weighted by atomic mass is 10.1. The fraction of sp³-hybridized carbons (Fsp3) is 0.400. The quantitative estimate of drug-likeness (QED) is 0.787. The van der Waals surface area contributed by atoms with E-state index >= 15 is 0 Å². The molecule has 0 aliphatic rings. The average Bonchev–Trinajstić information content (AvgIpc) is 2.62. The molecule has 0 spiro atoms. The van der Waals surface area contributed by atoms with Gasteiger partial charge in [-0.05, 0) is 32.1 Å². The zero-order valence-electron chi connectivity index (χ0n) is 8.49. The second-order valence-electron chi connectivity index (χ2n) is 3.68. The Bertz CT molecular complexity index is 419. The van der Waals surface area contributed by atoms with Crippen LogP contribution in [0.1, 0.15) is 5.56 Å². The van der Waals surface area contributed by atoms with Crippen molar-refractivity contribution in [1.82, 2.24) is 20.3 Å². The number of nitrogens with one attached hydrogen (secondary N) is 1. The van der Waals surface area contributed by atoms with E-state index < -0.39 is 0 Å². The van der Waals surface area contributed by atoms with Gasteiger partial charge in [0.1, 0.15) is 5.52 Å². The van der Waals surface area contributed by atoms with Crippen LogP contribution in [0.3, 0.4) is 0 Å². The Morgan fingerprint density at radius 3 is 3.00 bits per heavy atom. The molecule has 0 saturated carbocycles. The van der Waals surface area contributed by atoms with E-state index in [1.54, 1.807) is 0 Å². The summed E-state index contributed by atoms with van der Waals surface area (Å²) in [6, 6.07) is 6.13. The monoisotopic (exact) mass is 190 g/mol. The van der Waals surface area contributed by atoms with Crippen molar-refractivity contribution in [1.29, 1.82) is 0 Å². The van der Waals surface area contributed by atoms with Gasteiger partial charge in [-0.25, -0.2) is 0 Å². The highest BCUT2D eigenvalue weighted by Gasteiger charge is 2.03. The standard InChI is InChI=1S/C10H14N4/c1-14(2)7-6-8-4-3-5-9-10(8)12-13-11-9/h3-5H,6-7H2,1-2H3,(H,11,12,13). The van der Waals surface area contributed by atoms with Crippen LogP contribution in [0.5, 0.6) is 0 Å². The molecular weight excluding hydrogens is 176 g/mol. The van der Waals surface area contributed by atoms with E-state index in [4.69, 9.17) is 0 Å². The average molecular weight is 190 g/mol. The van der Waals surface area contributed by atoms with Gasteiger partial charge in [0, 0.05) is 6.54 Å². The summed E-state index contributed by atoms with van der Waals surface area (Å²) in [5.74, 6) is 0. The van der Waals surface area contributed by atoms with Gasteiger partial charge in [0.25, 0.3) is 0 Å². The Labute approximate surface area is 82.9 Å². The van der Waals surface area contributed by atoms with Crippen LogP contribution in [-0.2, 0) is 6.42 Å². The lowest BCUT2D eigenvalue weighted by Crippen LogP contribution is -2.15. The molecule has 4 nitrogen and oxygen atoms in total. The fourth-order valence-electron chi connectivity index (χ4n) is 1.47. The highest BCUT2D eigenvalue weighted by atomic mass is 15.3. The third-order valence-electron chi connectivity index (χ3n) is 2.27. The van der Waals surface area contributed by atoms with Crippen molar-refractivity contribution < 1.29 is 0 Å². The van der Waals surface area contributed by atoms with Crippen LogP contribution in [0.25, 0.3) is 11.0 Å². The normalized spacial score (nSPS) is 11.4. The number of fused-ring (bicyclic) bond motifs is 1. The molecule has 0 saturated heterocycles. The van der Waals surface area contributed by atoms with Crippen molar-refractivity contribution in [3.8, 4) is 0 Å². The maximum atomic E-state index is 4.07. The third-order valence-corrected chi connectivity index (χ3v) is 2.27. The predicted octanol–water partition coefficient (Wildman–Crippen LogP) is 1.06. The Balaban J connectivity index is 2.27. The number of likely N-dealkylation sites (N-methyl/N-ethyl adjacent to an activating group) is 1. The molecule has 2 rings (SSSR count). The first kappa shape index (κ1) is 9.15. The minimum Gasteiger partial charge on any atom is -0.309 e. The summed E-state index contributed by atoms with van der Waals surface area (Å²) in [5, 5.41) is 10.7. The molecule has 1 heterocycles. The predicted molar refractivity (Wildman–Crippen MR) is 56.1 cm³/mol. The van der Waals surface area contributed by atoms with Crippen molar-refractivity contribution in [3.63, 3.8) is 0 Å². The van der Waals surface area contributed by atoms with Crippen LogP contribution in [0.2, 0.25) is 0 Å². The number of H-pyrrole nitrogens is 1. The van der Waals surface area contributed by atoms with Crippen molar-refractivity contribution in [2.24, 2.45) is 0 Å². The van der Waals surface area contributed by atoms with Crippen LogP contribution >= 0.6 is 0 Å². The molecule has 0 atom stereocenters. The summed E-state index contributed by atoms with van der Waals surface area (Å²) in [6.07, 6.45) is 1.01. The van der Waals surface area contributed by atoms with Crippen molar-refractivity contribution >= 4 is 11.0 Å². The number of hydrogen-bond donors (Lipinski definition) is 1. The van der Waals surface area contributed by atoms with E-state index in [1.807, 2.05) is 12.1 Å². The van der Waals surface area contributed by atoms with Crippen LogP contribution in [0.15, 0.2) is 18.2 Å². The van der Waals surface area contributed by atoms with Crippen LogP contribution in [0.4, 0.5) is 0 Å². The van der Waals surface area contributed by atoms with Gasteiger partial charge in [0.15, 0.2) is 0 Å². The molecular formula is C10H14N4. The largest absolute Gasteiger partial charge is 0.309 e. The van der Waals surface area contributed by atoms with E-state index in [0.717, 1.165) is 24.0 Å². The molecule has 4 heteroatoms. The molecule has 0 unspecified atom stereocenters. The first-order chi connectivity index (χ1) is 6.77. The Morgan fingerprint density at radius 2 is 2.21 bits per heavy atom. The van der Waals surface area contributed by atoms with Crippen molar-refractivity contribution in [2.75, 3.05) is 20.6 Å². The van der Waals surface area contributed by atoms with E-state index in [0.29, 0.717) is 0 Å². The minimum absolute atomic E-state index is 0.995. The number of aromatic amines is 1. The molecule has 0 fully saturated rings. The van der Waals surface area contributed by atoms with Crippen LogP contribution < -0.4 is 0 Å². The minimum atomic E-state index is 0.995. The second kappa shape index (κ2) is 3.75. The molecule has 0 aliphatic carbocycles. The van der Waals surface area contributed by atoms with Gasteiger partial charge in [-0.3, -0.25) is 5.10 Å². The highest BCUT2D eigenvalue weighted by molar-refractivity contribution is 5.77. The molecule has 1 N–H and O–H groups in total.